The first-order chi connectivity index (χ1) is 8.80. The number of aromatic nitrogens is 1. The Bertz CT molecular complexity index is 385. The predicted octanol–water partition coefficient (Wildman–Crippen LogP) is 5.54. The summed E-state index contributed by atoms with van der Waals surface area (Å²) in [6, 6.07) is 5.99. The van der Waals surface area contributed by atoms with E-state index in [9.17, 15) is 0 Å². The molecule has 0 atom stereocenters. The molecule has 0 bridgehead atoms. The summed E-state index contributed by atoms with van der Waals surface area (Å²) in [5.41, 5.74) is 2.84. The smallest absolute Gasteiger partial charge is 0.200 e. The molecule has 0 radical (unpaired) electrons. The molecular weight excluding hydrogens is 318 g/mol. The Morgan fingerprint density at radius 2 is 1.58 bits per heavy atom. The molecule has 0 spiro atoms. The Balaban J connectivity index is 2.90. The van der Waals surface area contributed by atoms with E-state index in [4.69, 9.17) is 4.43 Å². The van der Waals surface area contributed by atoms with Crippen LogP contribution in [0.3, 0.4) is 0 Å². The summed E-state index contributed by atoms with van der Waals surface area (Å²) in [5, 5.41) is 0. The van der Waals surface area contributed by atoms with Gasteiger partial charge in [-0.2, -0.15) is 0 Å². The van der Waals surface area contributed by atoms with Gasteiger partial charge in [-0.3, -0.25) is 0 Å². The molecule has 108 valence electrons. The Morgan fingerprint density at radius 1 is 1.05 bits per heavy atom. The maximum absolute atomic E-state index is 6.51. The van der Waals surface area contributed by atoms with Crippen molar-refractivity contribution in [3.8, 4) is 0 Å². The van der Waals surface area contributed by atoms with Gasteiger partial charge >= 0.3 is 0 Å². The average Bonchev–Trinajstić information content (AvgIpc) is 2.28. The van der Waals surface area contributed by atoms with E-state index in [1.54, 1.807) is 0 Å². The zero-order valence-electron chi connectivity index (χ0n) is 12.9. The molecule has 0 saturated carbocycles. The van der Waals surface area contributed by atoms with Gasteiger partial charge in [0.15, 0.2) is 0 Å². The molecule has 0 aliphatic carbocycles. The van der Waals surface area contributed by atoms with E-state index in [2.05, 4.69) is 62.5 Å². The Labute approximate surface area is 127 Å². The second kappa shape index (κ2) is 7.00. The standard InChI is InChI=1S/C15H26BrNOSi/c1-11(2)19(12(3)4,13(5)6)18-10-14-8-7-9-15(16)17-14/h7-9,11-13H,10H2,1-6H3. The third kappa shape index (κ3) is 3.89. The van der Waals surface area contributed by atoms with Crippen molar-refractivity contribution in [1.29, 1.82) is 0 Å². The summed E-state index contributed by atoms with van der Waals surface area (Å²) in [7, 11) is -1.78. The summed E-state index contributed by atoms with van der Waals surface area (Å²) in [4.78, 5) is 4.47. The highest BCUT2D eigenvalue weighted by atomic mass is 79.9. The zero-order chi connectivity index (χ0) is 14.6. The number of nitrogens with zero attached hydrogens (tertiary/aromatic N) is 1. The van der Waals surface area contributed by atoms with Gasteiger partial charge in [0, 0.05) is 0 Å². The van der Waals surface area contributed by atoms with E-state index in [1.807, 2.05) is 18.2 Å². The van der Waals surface area contributed by atoms with Gasteiger partial charge in [-0.05, 0) is 44.7 Å². The van der Waals surface area contributed by atoms with Crippen molar-refractivity contribution in [2.45, 2.75) is 64.8 Å². The molecule has 1 aromatic heterocycles. The predicted molar refractivity (Wildman–Crippen MR) is 87.8 cm³/mol. The summed E-state index contributed by atoms with van der Waals surface area (Å²) in [6.45, 7) is 14.5. The lowest BCUT2D eigenvalue weighted by Gasteiger charge is -2.42. The van der Waals surface area contributed by atoms with Crippen LogP contribution in [-0.4, -0.2) is 13.3 Å². The van der Waals surface area contributed by atoms with Gasteiger partial charge in [-0.25, -0.2) is 4.98 Å². The SMILES string of the molecule is CC(C)[Si](OCc1cccc(Br)n1)(C(C)C)C(C)C. The maximum Gasteiger partial charge on any atom is 0.200 e. The van der Waals surface area contributed by atoms with E-state index in [1.165, 1.54) is 0 Å². The molecule has 1 heterocycles. The van der Waals surface area contributed by atoms with Crippen LogP contribution >= 0.6 is 15.9 Å². The van der Waals surface area contributed by atoms with Crippen LogP contribution < -0.4 is 0 Å². The second-order valence-electron chi connectivity index (χ2n) is 6.06. The Morgan fingerprint density at radius 3 is 2.00 bits per heavy atom. The first-order valence-corrected chi connectivity index (χ1v) is 9.99. The number of halogens is 1. The van der Waals surface area contributed by atoms with Crippen molar-refractivity contribution in [1.82, 2.24) is 4.98 Å². The van der Waals surface area contributed by atoms with Crippen LogP contribution in [-0.2, 0) is 11.0 Å². The topological polar surface area (TPSA) is 22.1 Å². The third-order valence-corrected chi connectivity index (χ3v) is 10.5. The van der Waals surface area contributed by atoms with E-state index < -0.39 is 8.32 Å². The highest BCUT2D eigenvalue weighted by Crippen LogP contribution is 2.42. The lowest BCUT2D eigenvalue weighted by atomic mass is 10.4. The number of pyridine rings is 1. The van der Waals surface area contributed by atoms with E-state index in [0.29, 0.717) is 23.2 Å². The largest absolute Gasteiger partial charge is 0.410 e. The van der Waals surface area contributed by atoms with E-state index >= 15 is 0 Å². The van der Waals surface area contributed by atoms with Crippen molar-refractivity contribution < 1.29 is 4.43 Å². The summed E-state index contributed by atoms with van der Waals surface area (Å²) >= 11 is 3.41. The van der Waals surface area contributed by atoms with Crippen molar-refractivity contribution >= 4 is 24.2 Å². The van der Waals surface area contributed by atoms with Gasteiger partial charge in [0.05, 0.1) is 12.3 Å². The third-order valence-electron chi connectivity index (χ3n) is 3.95. The second-order valence-corrected chi connectivity index (χ2v) is 12.3. The molecule has 0 unspecified atom stereocenters. The molecule has 0 N–H and O–H groups in total. The molecule has 0 amide bonds. The molecule has 0 saturated heterocycles. The van der Waals surface area contributed by atoms with Crippen molar-refractivity contribution in [2.24, 2.45) is 0 Å². The highest BCUT2D eigenvalue weighted by Gasteiger charge is 2.44. The first kappa shape index (κ1) is 16.9. The fourth-order valence-corrected chi connectivity index (χ4v) is 9.01. The molecule has 0 aliphatic rings. The Kier molecular flexibility index (Phi) is 6.21. The molecule has 0 aliphatic heterocycles. The lowest BCUT2D eigenvalue weighted by Crippen LogP contribution is -2.47. The van der Waals surface area contributed by atoms with Gasteiger partial charge in [-0.15, -0.1) is 0 Å². The Hall–Kier alpha value is -0.193. The molecule has 0 aromatic carbocycles. The minimum atomic E-state index is -1.78. The van der Waals surface area contributed by atoms with Gasteiger partial charge in [0.2, 0.25) is 8.32 Å². The van der Waals surface area contributed by atoms with Crippen molar-refractivity contribution in [3.63, 3.8) is 0 Å². The summed E-state index contributed by atoms with van der Waals surface area (Å²) in [6.07, 6.45) is 0. The number of hydrogen-bond acceptors (Lipinski definition) is 2. The molecule has 0 fully saturated rings. The number of rotatable bonds is 6. The van der Waals surface area contributed by atoms with Crippen molar-refractivity contribution in [3.05, 3.63) is 28.5 Å². The van der Waals surface area contributed by atoms with E-state index in [0.717, 1.165) is 10.3 Å². The van der Waals surface area contributed by atoms with Gasteiger partial charge in [0.25, 0.3) is 0 Å². The van der Waals surface area contributed by atoms with Crippen LogP contribution in [0.1, 0.15) is 47.2 Å². The highest BCUT2D eigenvalue weighted by molar-refractivity contribution is 9.10. The summed E-state index contributed by atoms with van der Waals surface area (Å²) < 4.78 is 7.39. The van der Waals surface area contributed by atoms with Crippen LogP contribution in [0.15, 0.2) is 22.8 Å². The first-order valence-electron chi connectivity index (χ1n) is 7.06. The molecule has 4 heteroatoms. The van der Waals surface area contributed by atoms with Crippen LogP contribution in [0.25, 0.3) is 0 Å². The lowest BCUT2D eigenvalue weighted by molar-refractivity contribution is 0.261. The molecule has 2 nitrogen and oxygen atoms in total. The molecule has 19 heavy (non-hydrogen) atoms. The van der Waals surface area contributed by atoms with E-state index in [-0.39, 0.29) is 0 Å². The van der Waals surface area contributed by atoms with Crippen LogP contribution in [0.2, 0.25) is 16.6 Å². The minimum Gasteiger partial charge on any atom is -0.410 e. The maximum atomic E-state index is 6.51. The van der Waals surface area contributed by atoms with Gasteiger partial charge < -0.3 is 4.43 Å². The van der Waals surface area contributed by atoms with Crippen molar-refractivity contribution in [2.75, 3.05) is 0 Å². The van der Waals surface area contributed by atoms with Gasteiger partial charge in [-0.1, -0.05) is 47.6 Å². The fraction of sp³-hybridized carbons (Fsp3) is 0.667. The fourth-order valence-electron chi connectivity index (χ4n) is 3.23. The quantitative estimate of drug-likeness (QED) is 0.499. The number of hydrogen-bond donors (Lipinski definition) is 0. The molecular formula is C15H26BrNOSi. The average molecular weight is 344 g/mol. The zero-order valence-corrected chi connectivity index (χ0v) is 15.5. The monoisotopic (exact) mass is 343 g/mol. The van der Waals surface area contributed by atoms with Crippen LogP contribution in [0, 0.1) is 0 Å². The molecule has 1 aromatic rings. The molecule has 1 rings (SSSR count). The normalized spacial score (nSPS) is 12.7. The van der Waals surface area contributed by atoms with Crippen LogP contribution in [0.4, 0.5) is 0 Å². The minimum absolute atomic E-state index is 0.611. The van der Waals surface area contributed by atoms with Gasteiger partial charge in [0.1, 0.15) is 4.60 Å². The van der Waals surface area contributed by atoms with Crippen LogP contribution in [0.5, 0.6) is 0 Å². The summed E-state index contributed by atoms with van der Waals surface area (Å²) in [5.74, 6) is 0.